The first-order valence-corrected chi connectivity index (χ1v) is 6.21. The summed E-state index contributed by atoms with van der Waals surface area (Å²) < 4.78 is 0. The largest absolute Gasteiger partial charge is 0.396 e. The number of hydrogen-bond acceptors (Lipinski definition) is 3. The normalized spacial score (nSPS) is 12.9. The van der Waals surface area contributed by atoms with Crippen LogP contribution < -0.4 is 5.32 Å². The van der Waals surface area contributed by atoms with E-state index in [1.165, 1.54) is 0 Å². The van der Waals surface area contributed by atoms with E-state index in [0.717, 1.165) is 12.2 Å². The highest BCUT2D eigenvalue weighted by molar-refractivity contribution is 7.99. The summed E-state index contributed by atoms with van der Waals surface area (Å²) in [7, 11) is 0. The number of aliphatic hydroxyl groups is 1. The molecular weight excluding hydrogens is 198 g/mol. The summed E-state index contributed by atoms with van der Waals surface area (Å²) in [6.07, 6.45) is 0.762. The fourth-order valence-corrected chi connectivity index (χ4v) is 1.54. The van der Waals surface area contributed by atoms with Crippen molar-refractivity contribution in [3.8, 4) is 0 Å². The predicted molar refractivity (Wildman–Crippen MR) is 61.5 cm³/mol. The van der Waals surface area contributed by atoms with Gasteiger partial charge in [0.15, 0.2) is 0 Å². The molecule has 1 unspecified atom stereocenters. The van der Waals surface area contributed by atoms with Crippen LogP contribution in [0.3, 0.4) is 0 Å². The molecule has 0 saturated carbocycles. The lowest BCUT2D eigenvalue weighted by molar-refractivity contribution is -0.119. The number of rotatable bonds is 7. The third-order valence-corrected chi connectivity index (χ3v) is 3.11. The highest BCUT2D eigenvalue weighted by Crippen LogP contribution is 2.03. The van der Waals surface area contributed by atoms with E-state index in [-0.39, 0.29) is 18.6 Å². The van der Waals surface area contributed by atoms with Crippen LogP contribution in [0.25, 0.3) is 0 Å². The van der Waals surface area contributed by atoms with Gasteiger partial charge in [0.25, 0.3) is 0 Å². The number of hydrogen-bond donors (Lipinski definition) is 2. The first kappa shape index (κ1) is 13.8. The third-order valence-electron chi connectivity index (χ3n) is 2.07. The molecule has 1 amide bonds. The Balaban J connectivity index is 3.45. The smallest absolute Gasteiger partial charge is 0.230 e. The Morgan fingerprint density at radius 2 is 2.07 bits per heavy atom. The molecular formula is C10H21NO2S. The minimum absolute atomic E-state index is 0.0918. The lowest BCUT2D eigenvalue weighted by Gasteiger charge is -2.17. The maximum Gasteiger partial charge on any atom is 0.230 e. The molecule has 14 heavy (non-hydrogen) atoms. The SMILES string of the molecule is CC(C)C(C)NC(=O)CSCCCO. The monoisotopic (exact) mass is 219 g/mol. The molecule has 2 N–H and O–H groups in total. The molecule has 0 fully saturated rings. The molecule has 0 aromatic heterocycles. The number of carbonyl (C=O) groups is 1. The van der Waals surface area contributed by atoms with Crippen LogP contribution in [0.2, 0.25) is 0 Å². The second kappa shape index (κ2) is 8.12. The van der Waals surface area contributed by atoms with Crippen molar-refractivity contribution < 1.29 is 9.90 Å². The van der Waals surface area contributed by atoms with Gasteiger partial charge in [-0.2, -0.15) is 11.8 Å². The average Bonchev–Trinajstić information content (AvgIpc) is 2.12. The lowest BCUT2D eigenvalue weighted by atomic mass is 10.1. The highest BCUT2D eigenvalue weighted by Gasteiger charge is 2.09. The maximum absolute atomic E-state index is 11.3. The molecule has 0 radical (unpaired) electrons. The Labute approximate surface area is 90.7 Å². The van der Waals surface area contributed by atoms with Crippen LogP contribution >= 0.6 is 11.8 Å². The molecule has 1 atom stereocenters. The molecule has 0 aliphatic rings. The molecule has 0 aromatic rings. The minimum atomic E-state index is 0.0918. The maximum atomic E-state index is 11.3. The summed E-state index contributed by atoms with van der Waals surface area (Å²) in [6, 6.07) is 0.237. The topological polar surface area (TPSA) is 49.3 Å². The second-order valence-corrected chi connectivity index (χ2v) is 4.84. The van der Waals surface area contributed by atoms with E-state index in [1.54, 1.807) is 11.8 Å². The van der Waals surface area contributed by atoms with Crippen molar-refractivity contribution in [3.05, 3.63) is 0 Å². The van der Waals surface area contributed by atoms with Crippen LogP contribution in [0.4, 0.5) is 0 Å². The summed E-state index contributed by atoms with van der Waals surface area (Å²) >= 11 is 1.57. The van der Waals surface area contributed by atoms with Gasteiger partial charge in [-0.1, -0.05) is 13.8 Å². The zero-order chi connectivity index (χ0) is 11.0. The molecule has 0 spiro atoms. The van der Waals surface area contributed by atoms with Crippen LogP contribution in [-0.4, -0.2) is 35.2 Å². The number of amides is 1. The van der Waals surface area contributed by atoms with Gasteiger partial charge in [0.05, 0.1) is 5.75 Å². The molecule has 0 saturated heterocycles. The molecule has 3 nitrogen and oxygen atoms in total. The average molecular weight is 219 g/mol. The standard InChI is InChI=1S/C10H21NO2S/c1-8(2)9(3)11-10(13)7-14-6-4-5-12/h8-9,12H,4-7H2,1-3H3,(H,11,13). The van der Waals surface area contributed by atoms with Gasteiger partial charge in [0, 0.05) is 12.6 Å². The van der Waals surface area contributed by atoms with E-state index >= 15 is 0 Å². The van der Waals surface area contributed by atoms with Crippen molar-refractivity contribution >= 4 is 17.7 Å². The second-order valence-electron chi connectivity index (χ2n) is 3.73. The van der Waals surface area contributed by atoms with Crippen molar-refractivity contribution in [2.24, 2.45) is 5.92 Å². The van der Waals surface area contributed by atoms with Crippen LogP contribution in [0.5, 0.6) is 0 Å². The van der Waals surface area contributed by atoms with Crippen molar-refractivity contribution in [2.75, 3.05) is 18.1 Å². The molecule has 84 valence electrons. The van der Waals surface area contributed by atoms with E-state index in [9.17, 15) is 4.79 Å². The molecule has 0 bridgehead atoms. The Kier molecular flexibility index (Phi) is 7.99. The van der Waals surface area contributed by atoms with Gasteiger partial charge in [0.2, 0.25) is 5.91 Å². The lowest BCUT2D eigenvalue weighted by Crippen LogP contribution is -2.37. The van der Waals surface area contributed by atoms with Crippen molar-refractivity contribution in [2.45, 2.75) is 33.2 Å². The van der Waals surface area contributed by atoms with Crippen LogP contribution in [0.15, 0.2) is 0 Å². The number of carbonyl (C=O) groups excluding carboxylic acids is 1. The minimum Gasteiger partial charge on any atom is -0.396 e. The Morgan fingerprint density at radius 1 is 1.43 bits per heavy atom. The first-order chi connectivity index (χ1) is 6.57. The van der Waals surface area contributed by atoms with Crippen molar-refractivity contribution in [1.29, 1.82) is 0 Å². The summed E-state index contributed by atoms with van der Waals surface area (Å²) in [5, 5.41) is 11.5. The van der Waals surface area contributed by atoms with Crippen LogP contribution in [0, 0.1) is 5.92 Å². The summed E-state index contributed by atoms with van der Waals surface area (Å²) in [6.45, 7) is 6.39. The van der Waals surface area contributed by atoms with Gasteiger partial charge in [-0.05, 0) is 25.0 Å². The van der Waals surface area contributed by atoms with E-state index < -0.39 is 0 Å². The number of thioether (sulfide) groups is 1. The van der Waals surface area contributed by atoms with E-state index in [4.69, 9.17) is 5.11 Å². The zero-order valence-corrected chi connectivity index (χ0v) is 10.1. The Hall–Kier alpha value is -0.220. The molecule has 0 rings (SSSR count). The molecule has 0 aliphatic carbocycles. The first-order valence-electron chi connectivity index (χ1n) is 5.06. The third kappa shape index (κ3) is 7.21. The summed E-state index contributed by atoms with van der Waals surface area (Å²) in [5.41, 5.74) is 0. The van der Waals surface area contributed by atoms with E-state index in [0.29, 0.717) is 11.7 Å². The Bertz CT molecular complexity index is 162. The van der Waals surface area contributed by atoms with Gasteiger partial charge in [0.1, 0.15) is 0 Å². The van der Waals surface area contributed by atoms with E-state index in [2.05, 4.69) is 19.2 Å². The molecule has 0 heterocycles. The van der Waals surface area contributed by atoms with Gasteiger partial charge >= 0.3 is 0 Å². The van der Waals surface area contributed by atoms with Gasteiger partial charge in [-0.15, -0.1) is 0 Å². The van der Waals surface area contributed by atoms with Crippen LogP contribution in [-0.2, 0) is 4.79 Å². The zero-order valence-electron chi connectivity index (χ0n) is 9.25. The molecule has 4 heteroatoms. The fraction of sp³-hybridized carbons (Fsp3) is 0.900. The highest BCUT2D eigenvalue weighted by atomic mass is 32.2. The quantitative estimate of drug-likeness (QED) is 0.634. The van der Waals surface area contributed by atoms with Gasteiger partial charge in [-0.25, -0.2) is 0 Å². The summed E-state index contributed by atoms with van der Waals surface area (Å²) in [5.74, 6) is 1.91. The fourth-order valence-electron chi connectivity index (χ4n) is 0.794. The summed E-state index contributed by atoms with van der Waals surface area (Å²) in [4.78, 5) is 11.3. The number of nitrogens with one attached hydrogen (secondary N) is 1. The van der Waals surface area contributed by atoms with Gasteiger partial charge < -0.3 is 10.4 Å². The van der Waals surface area contributed by atoms with Crippen molar-refractivity contribution in [1.82, 2.24) is 5.32 Å². The van der Waals surface area contributed by atoms with Gasteiger partial charge in [-0.3, -0.25) is 4.79 Å². The molecule has 0 aromatic carbocycles. The molecule has 0 aliphatic heterocycles. The predicted octanol–water partition coefficient (Wildman–Crippen LogP) is 1.26. The number of aliphatic hydroxyl groups excluding tert-OH is 1. The van der Waals surface area contributed by atoms with Crippen LogP contribution in [0.1, 0.15) is 27.2 Å². The Morgan fingerprint density at radius 3 is 2.57 bits per heavy atom. The van der Waals surface area contributed by atoms with Crippen molar-refractivity contribution in [3.63, 3.8) is 0 Å². The van der Waals surface area contributed by atoms with E-state index in [1.807, 2.05) is 6.92 Å².